The van der Waals surface area contributed by atoms with E-state index in [0.717, 1.165) is 0 Å². The molecule has 0 aromatic carbocycles. The van der Waals surface area contributed by atoms with Gasteiger partial charge in [0.25, 0.3) is 0 Å². The standard InChI is InChI=1S/C31H54O25/c1-7-13(35)19(41)17(39)11(50-7)5-48-28-24(46)21(43)18(40)12(54-28)6-49-30-26(22(44)15(37)9(3-33)52-30)56-31-27(23(45)16(38)10(4-34)53-31)55-29-25(47)20(42)14(36)8(2-32)51-29/h7-47H,2-6H2,1H3/t7-,8?,9?,10?,11?,12?,13?,14-,15-,16-,17-,18-,19-,20?,21?,22?,23?,24-,25-,26-,27-,28+,29-,30+,31-/m1/s1. The molecule has 5 rings (SSSR count). The lowest BCUT2D eigenvalue weighted by Crippen LogP contribution is -2.67. The Balaban J connectivity index is 1.32. The topological polar surface area (TPSA) is 407 Å². The average molecular weight is 827 g/mol. The number of hydrogen-bond donors (Lipinski definition) is 16. The summed E-state index contributed by atoms with van der Waals surface area (Å²) in [5.74, 6) is 0. The predicted molar refractivity (Wildman–Crippen MR) is 170 cm³/mol. The van der Waals surface area contributed by atoms with Crippen LogP contribution in [0.3, 0.4) is 0 Å². The van der Waals surface area contributed by atoms with Crippen molar-refractivity contribution in [3.8, 4) is 0 Å². The van der Waals surface area contributed by atoms with Gasteiger partial charge in [0.05, 0.1) is 39.1 Å². The first-order chi connectivity index (χ1) is 26.4. The van der Waals surface area contributed by atoms with E-state index in [9.17, 15) is 81.7 Å². The quantitative estimate of drug-likeness (QED) is 0.0819. The third-order valence-corrected chi connectivity index (χ3v) is 10.5. The third-order valence-electron chi connectivity index (χ3n) is 10.5. The van der Waals surface area contributed by atoms with Gasteiger partial charge in [0.2, 0.25) is 0 Å². The highest BCUT2D eigenvalue weighted by Crippen LogP contribution is 2.34. The van der Waals surface area contributed by atoms with Crippen LogP contribution in [0, 0.1) is 0 Å². The van der Waals surface area contributed by atoms with Gasteiger partial charge in [0.1, 0.15) is 122 Å². The molecule has 0 radical (unpaired) electrons. The Bertz CT molecular complexity index is 1210. The number of rotatable bonds is 13. The van der Waals surface area contributed by atoms with Crippen LogP contribution in [0.1, 0.15) is 6.92 Å². The van der Waals surface area contributed by atoms with Crippen LogP contribution in [-0.2, 0) is 42.6 Å². The zero-order valence-electron chi connectivity index (χ0n) is 29.8. The van der Waals surface area contributed by atoms with Crippen LogP contribution < -0.4 is 0 Å². The normalized spacial score (nSPS) is 53.2. The van der Waals surface area contributed by atoms with Gasteiger partial charge in [0, 0.05) is 0 Å². The molecule has 0 amide bonds. The first kappa shape index (κ1) is 46.1. The van der Waals surface area contributed by atoms with E-state index >= 15 is 0 Å². The van der Waals surface area contributed by atoms with Gasteiger partial charge in [-0.3, -0.25) is 0 Å². The second-order valence-corrected chi connectivity index (χ2v) is 14.3. The Labute approximate surface area is 317 Å². The van der Waals surface area contributed by atoms with E-state index in [4.69, 9.17) is 42.6 Å². The predicted octanol–water partition coefficient (Wildman–Crippen LogP) is -10.9. The number of aliphatic hydroxyl groups excluding tert-OH is 16. The SMILES string of the molecule is C[C@H]1OC(CO[C@H]2OC(CO[C@H]3OC(CO)[C@@H](O)C(O)[C@H]3O[C@H]3OC(CO)[C@@H](O)C(O)[C@H]3O[C@H]3OC(CO)[C@@H](O)C(O)[C@H]3O)[C@@H](O)C(O)[C@H]2O)[C@@H](O)[C@H](O)C1O. The molecule has 328 valence electrons. The number of aliphatic hydroxyl groups is 16. The van der Waals surface area contributed by atoms with Crippen LogP contribution in [0.4, 0.5) is 0 Å². The van der Waals surface area contributed by atoms with Crippen molar-refractivity contribution >= 4 is 0 Å². The van der Waals surface area contributed by atoms with Crippen molar-refractivity contribution < 1.29 is 124 Å². The molecule has 0 bridgehead atoms. The second kappa shape index (κ2) is 19.6. The molecule has 0 aromatic rings. The minimum atomic E-state index is -2.03. The van der Waals surface area contributed by atoms with Crippen molar-refractivity contribution in [2.75, 3.05) is 33.0 Å². The largest absolute Gasteiger partial charge is 0.394 e. The Morgan fingerprint density at radius 2 is 0.679 bits per heavy atom. The van der Waals surface area contributed by atoms with Gasteiger partial charge in [-0.15, -0.1) is 0 Å². The molecular formula is C31H54O25. The van der Waals surface area contributed by atoms with Crippen LogP contribution in [-0.4, -0.2) is 268 Å². The fourth-order valence-corrected chi connectivity index (χ4v) is 6.98. The summed E-state index contributed by atoms with van der Waals surface area (Å²) in [6.45, 7) is -2.53. The van der Waals surface area contributed by atoms with Gasteiger partial charge in [-0.05, 0) is 6.92 Å². The Hall–Kier alpha value is -1.00. The van der Waals surface area contributed by atoms with Crippen molar-refractivity contribution in [3.63, 3.8) is 0 Å². The lowest BCUT2D eigenvalue weighted by molar-refractivity contribution is -0.395. The molecule has 5 saturated heterocycles. The monoisotopic (exact) mass is 826 g/mol. The molecule has 56 heavy (non-hydrogen) atoms. The maximum atomic E-state index is 11.1. The van der Waals surface area contributed by atoms with Crippen molar-refractivity contribution in [1.82, 2.24) is 0 Å². The Morgan fingerprint density at radius 1 is 0.339 bits per heavy atom. The summed E-state index contributed by atoms with van der Waals surface area (Å²) in [6, 6.07) is 0. The molecular weight excluding hydrogens is 772 g/mol. The molecule has 25 heteroatoms. The molecule has 0 aliphatic carbocycles. The molecule has 0 saturated carbocycles. The third kappa shape index (κ3) is 9.47. The molecule has 10 unspecified atom stereocenters. The summed E-state index contributed by atoms with van der Waals surface area (Å²) in [7, 11) is 0. The van der Waals surface area contributed by atoms with Crippen LogP contribution >= 0.6 is 0 Å². The van der Waals surface area contributed by atoms with Gasteiger partial charge in [-0.25, -0.2) is 0 Å². The van der Waals surface area contributed by atoms with E-state index in [-0.39, 0.29) is 0 Å². The Kier molecular flexibility index (Phi) is 16.1. The van der Waals surface area contributed by atoms with Crippen LogP contribution in [0.25, 0.3) is 0 Å². The van der Waals surface area contributed by atoms with Gasteiger partial charge in [0.15, 0.2) is 25.2 Å². The molecule has 16 N–H and O–H groups in total. The smallest absolute Gasteiger partial charge is 0.187 e. The molecule has 25 nitrogen and oxygen atoms in total. The minimum absolute atomic E-state index is 0.541. The maximum absolute atomic E-state index is 11.1. The first-order valence-electron chi connectivity index (χ1n) is 17.9. The highest BCUT2D eigenvalue weighted by atomic mass is 16.8. The molecule has 5 aliphatic rings. The summed E-state index contributed by atoms with van der Waals surface area (Å²) in [6.07, 6.45) is -43.4. The van der Waals surface area contributed by atoms with Crippen molar-refractivity contribution in [2.45, 2.75) is 160 Å². The van der Waals surface area contributed by atoms with Gasteiger partial charge in [-0.1, -0.05) is 0 Å². The van der Waals surface area contributed by atoms with Crippen LogP contribution in [0.2, 0.25) is 0 Å². The zero-order chi connectivity index (χ0) is 41.3. The fourth-order valence-electron chi connectivity index (χ4n) is 6.98. The summed E-state index contributed by atoms with van der Waals surface area (Å²) in [5, 5.41) is 166. The van der Waals surface area contributed by atoms with Crippen LogP contribution in [0.15, 0.2) is 0 Å². The summed E-state index contributed by atoms with van der Waals surface area (Å²) < 4.78 is 50.3. The second-order valence-electron chi connectivity index (χ2n) is 14.3. The van der Waals surface area contributed by atoms with Crippen molar-refractivity contribution in [1.29, 1.82) is 0 Å². The summed E-state index contributed by atoms with van der Waals surface area (Å²) in [4.78, 5) is 0. The summed E-state index contributed by atoms with van der Waals surface area (Å²) in [5.41, 5.74) is 0. The fraction of sp³-hybridized carbons (Fsp3) is 1.00. The van der Waals surface area contributed by atoms with E-state index in [1.54, 1.807) is 0 Å². The lowest BCUT2D eigenvalue weighted by Gasteiger charge is -2.48. The molecule has 0 aromatic heterocycles. The van der Waals surface area contributed by atoms with E-state index in [2.05, 4.69) is 0 Å². The van der Waals surface area contributed by atoms with Gasteiger partial charge < -0.3 is 124 Å². The molecule has 5 fully saturated rings. The summed E-state index contributed by atoms with van der Waals surface area (Å²) >= 11 is 0. The van der Waals surface area contributed by atoms with E-state index in [0.29, 0.717) is 0 Å². The number of ether oxygens (including phenoxy) is 9. The van der Waals surface area contributed by atoms with Gasteiger partial charge >= 0.3 is 0 Å². The van der Waals surface area contributed by atoms with Crippen molar-refractivity contribution in [3.05, 3.63) is 0 Å². The lowest BCUT2D eigenvalue weighted by atomic mass is 9.96. The molecule has 5 aliphatic heterocycles. The van der Waals surface area contributed by atoms with E-state index < -0.39 is 186 Å². The van der Waals surface area contributed by atoms with E-state index in [1.165, 1.54) is 6.92 Å². The number of hydrogen-bond acceptors (Lipinski definition) is 25. The minimum Gasteiger partial charge on any atom is -0.394 e. The average Bonchev–Trinajstić information content (AvgIpc) is 3.18. The molecule has 0 spiro atoms. The first-order valence-corrected chi connectivity index (χ1v) is 17.9. The van der Waals surface area contributed by atoms with Crippen molar-refractivity contribution in [2.24, 2.45) is 0 Å². The highest BCUT2D eigenvalue weighted by molar-refractivity contribution is 4.97. The maximum Gasteiger partial charge on any atom is 0.187 e. The molecule has 5 heterocycles. The zero-order valence-corrected chi connectivity index (χ0v) is 29.8. The molecule has 25 atom stereocenters. The van der Waals surface area contributed by atoms with Gasteiger partial charge in [-0.2, -0.15) is 0 Å². The highest BCUT2D eigenvalue weighted by Gasteiger charge is 2.55. The Morgan fingerprint density at radius 3 is 1.20 bits per heavy atom. The van der Waals surface area contributed by atoms with E-state index in [1.807, 2.05) is 0 Å². The van der Waals surface area contributed by atoms with Crippen LogP contribution in [0.5, 0.6) is 0 Å².